The normalized spacial score (nSPS) is 11.8. The van der Waals surface area contributed by atoms with Gasteiger partial charge in [-0.1, -0.05) is 53.7 Å². The molecule has 0 fully saturated rings. The average Bonchev–Trinajstić information content (AvgIpc) is 3.08. The first kappa shape index (κ1) is 18.7. The number of nitrogen functional groups attached to an aromatic ring is 1. The highest BCUT2D eigenvalue weighted by Crippen LogP contribution is 2.26. The van der Waals surface area contributed by atoms with Crippen molar-refractivity contribution in [2.24, 2.45) is 0 Å². The highest BCUT2D eigenvalue weighted by Gasteiger charge is 2.25. The number of nitrogens with two attached hydrogens (primary N) is 1. The van der Waals surface area contributed by atoms with Crippen LogP contribution in [0.15, 0.2) is 70.8 Å². The van der Waals surface area contributed by atoms with Gasteiger partial charge in [0.05, 0.1) is 5.52 Å². The maximum atomic E-state index is 13.1. The van der Waals surface area contributed by atoms with E-state index in [0.717, 1.165) is 9.65 Å². The minimum absolute atomic E-state index is 0.0245. The number of hydrogen-bond acceptors (Lipinski definition) is 7. The van der Waals surface area contributed by atoms with Gasteiger partial charge >= 0.3 is 0 Å². The second kappa shape index (κ2) is 7.42. The number of thioether (sulfide) groups is 1. The number of pyridine rings is 1. The van der Waals surface area contributed by atoms with Crippen molar-refractivity contribution in [1.29, 1.82) is 0 Å². The Morgan fingerprint density at radius 2 is 1.82 bits per heavy atom. The molecule has 0 saturated carbocycles. The van der Waals surface area contributed by atoms with Gasteiger partial charge < -0.3 is 5.73 Å². The number of para-hydroxylation sites is 1. The van der Waals surface area contributed by atoms with Gasteiger partial charge in [0.1, 0.15) is 4.90 Å². The Kier molecular flexibility index (Phi) is 4.96. The highest BCUT2D eigenvalue weighted by molar-refractivity contribution is 7.98. The fourth-order valence-electron chi connectivity index (χ4n) is 2.64. The molecular formula is C18H14ClN5O2S2. The summed E-state index contributed by atoms with van der Waals surface area (Å²) in [5, 5.41) is 5.72. The van der Waals surface area contributed by atoms with Gasteiger partial charge in [0.2, 0.25) is 11.1 Å². The Balaban J connectivity index is 1.66. The van der Waals surface area contributed by atoms with Gasteiger partial charge in [-0.05, 0) is 29.8 Å². The van der Waals surface area contributed by atoms with Crippen molar-refractivity contribution in [2.45, 2.75) is 15.8 Å². The quantitative estimate of drug-likeness (QED) is 0.481. The van der Waals surface area contributed by atoms with E-state index in [-0.39, 0.29) is 16.0 Å². The lowest BCUT2D eigenvalue weighted by Gasteiger charge is -2.07. The number of nitrogens with zero attached hydrogens (tertiary/aromatic N) is 4. The molecule has 0 atom stereocenters. The molecule has 4 aromatic rings. The maximum absolute atomic E-state index is 13.1. The molecule has 0 aliphatic carbocycles. The molecule has 4 rings (SSSR count). The summed E-state index contributed by atoms with van der Waals surface area (Å²) in [7, 11) is -4.04. The molecule has 10 heteroatoms. The summed E-state index contributed by atoms with van der Waals surface area (Å²) < 4.78 is 27.0. The van der Waals surface area contributed by atoms with E-state index < -0.39 is 10.0 Å². The molecule has 2 aromatic carbocycles. The van der Waals surface area contributed by atoms with Crippen LogP contribution >= 0.6 is 23.4 Å². The monoisotopic (exact) mass is 431 g/mol. The number of aromatic nitrogens is 4. The molecule has 0 amide bonds. The number of hydrogen-bond donors (Lipinski definition) is 1. The second-order valence-electron chi connectivity index (χ2n) is 5.85. The van der Waals surface area contributed by atoms with E-state index >= 15 is 0 Å². The first-order valence-corrected chi connectivity index (χ1v) is 10.9. The molecule has 2 aromatic heterocycles. The predicted molar refractivity (Wildman–Crippen MR) is 110 cm³/mol. The highest BCUT2D eigenvalue weighted by atomic mass is 35.5. The number of anilines is 1. The van der Waals surface area contributed by atoms with Crippen LogP contribution in [-0.4, -0.2) is 27.6 Å². The third-order valence-corrected chi connectivity index (χ3v) is 6.74. The molecule has 0 unspecified atom stereocenters. The van der Waals surface area contributed by atoms with Gasteiger partial charge in [0.25, 0.3) is 10.0 Å². The first-order chi connectivity index (χ1) is 13.4. The van der Waals surface area contributed by atoms with E-state index in [4.69, 9.17) is 17.3 Å². The lowest BCUT2D eigenvalue weighted by Crippen LogP contribution is -2.17. The fourth-order valence-corrected chi connectivity index (χ4v) is 4.92. The van der Waals surface area contributed by atoms with Crippen LogP contribution in [-0.2, 0) is 15.8 Å². The minimum atomic E-state index is -4.04. The Labute approximate surface area is 170 Å². The lowest BCUT2D eigenvalue weighted by molar-refractivity contribution is 0.580. The van der Waals surface area contributed by atoms with Crippen LogP contribution in [0.4, 0.5) is 5.95 Å². The molecule has 0 saturated heterocycles. The van der Waals surface area contributed by atoms with Crippen LogP contribution in [0.25, 0.3) is 10.9 Å². The van der Waals surface area contributed by atoms with Crippen molar-refractivity contribution in [3.8, 4) is 0 Å². The van der Waals surface area contributed by atoms with Crippen LogP contribution in [0.5, 0.6) is 0 Å². The summed E-state index contributed by atoms with van der Waals surface area (Å²) in [6.07, 6.45) is 1.54. The molecule has 142 valence electrons. The van der Waals surface area contributed by atoms with Crippen LogP contribution < -0.4 is 5.73 Å². The van der Waals surface area contributed by atoms with Crippen molar-refractivity contribution >= 4 is 50.2 Å². The van der Waals surface area contributed by atoms with Crippen molar-refractivity contribution in [2.75, 3.05) is 5.73 Å². The van der Waals surface area contributed by atoms with Crippen molar-refractivity contribution in [3.63, 3.8) is 0 Å². The number of halogens is 1. The lowest BCUT2D eigenvalue weighted by atomic mass is 10.2. The average molecular weight is 432 g/mol. The summed E-state index contributed by atoms with van der Waals surface area (Å²) in [6.45, 7) is 0. The summed E-state index contributed by atoms with van der Waals surface area (Å²) in [5.41, 5.74) is 7.22. The second-order valence-corrected chi connectivity index (χ2v) is 8.96. The van der Waals surface area contributed by atoms with Gasteiger partial charge in [0.15, 0.2) is 0 Å². The third-order valence-electron chi connectivity index (χ3n) is 3.97. The Hall–Kier alpha value is -2.62. The minimum Gasteiger partial charge on any atom is -0.367 e. The molecule has 2 heterocycles. The molecule has 28 heavy (non-hydrogen) atoms. The van der Waals surface area contributed by atoms with E-state index in [1.54, 1.807) is 42.6 Å². The van der Waals surface area contributed by atoms with E-state index in [0.29, 0.717) is 21.7 Å². The number of fused-ring (bicyclic) bond motifs is 1. The molecule has 0 bridgehead atoms. The molecular weight excluding hydrogens is 418 g/mol. The zero-order valence-electron chi connectivity index (χ0n) is 14.4. The third kappa shape index (κ3) is 3.56. The molecule has 2 N–H and O–H groups in total. The van der Waals surface area contributed by atoms with Gasteiger partial charge in [-0.3, -0.25) is 4.98 Å². The van der Waals surface area contributed by atoms with Gasteiger partial charge in [-0.2, -0.15) is 13.4 Å². The Morgan fingerprint density at radius 3 is 2.61 bits per heavy atom. The van der Waals surface area contributed by atoms with Crippen molar-refractivity contribution in [3.05, 3.63) is 71.4 Å². The largest absolute Gasteiger partial charge is 0.367 e. The van der Waals surface area contributed by atoms with Crippen LogP contribution in [0, 0.1) is 0 Å². The van der Waals surface area contributed by atoms with Crippen molar-refractivity contribution < 1.29 is 8.42 Å². The molecule has 0 spiro atoms. The Morgan fingerprint density at radius 1 is 1.07 bits per heavy atom. The van der Waals surface area contributed by atoms with Gasteiger partial charge in [-0.25, -0.2) is 0 Å². The fraction of sp³-hybridized carbons (Fsp3) is 0.0556. The van der Waals surface area contributed by atoms with E-state index in [1.165, 1.54) is 17.8 Å². The standard InChI is InChI=1S/C18H14ClN5O2S2/c19-14-8-6-12(7-9-14)11-27-18-22-17(20)24(23-18)28(25,26)15-5-1-3-13-4-2-10-21-16(13)15/h1-10H,11H2,(H2,20,22,23). The maximum Gasteiger partial charge on any atom is 0.288 e. The predicted octanol–water partition coefficient (Wildman–Crippen LogP) is 3.59. The van der Waals surface area contributed by atoms with E-state index in [2.05, 4.69) is 15.1 Å². The number of benzene rings is 2. The zero-order chi connectivity index (χ0) is 19.7. The first-order valence-electron chi connectivity index (χ1n) is 8.14. The van der Waals surface area contributed by atoms with Gasteiger partial charge in [-0.15, -0.1) is 9.19 Å². The van der Waals surface area contributed by atoms with Crippen LogP contribution in [0.2, 0.25) is 5.02 Å². The van der Waals surface area contributed by atoms with Crippen molar-refractivity contribution in [1.82, 2.24) is 19.2 Å². The summed E-state index contributed by atoms with van der Waals surface area (Å²) in [6, 6.07) is 15.8. The smallest absolute Gasteiger partial charge is 0.288 e. The SMILES string of the molecule is Nc1nc(SCc2ccc(Cl)cc2)nn1S(=O)(=O)c1cccc2cccnc12. The van der Waals surface area contributed by atoms with Gasteiger partial charge in [0, 0.05) is 22.4 Å². The molecule has 7 nitrogen and oxygen atoms in total. The Bertz CT molecular complexity index is 1250. The molecule has 0 radical (unpaired) electrons. The number of rotatable bonds is 5. The summed E-state index contributed by atoms with van der Waals surface area (Å²) in [4.78, 5) is 8.30. The molecule has 0 aliphatic heterocycles. The van der Waals surface area contributed by atoms with Crippen LogP contribution in [0.1, 0.15) is 5.56 Å². The van der Waals surface area contributed by atoms with E-state index in [9.17, 15) is 8.42 Å². The summed E-state index contributed by atoms with van der Waals surface area (Å²) in [5.74, 6) is 0.350. The van der Waals surface area contributed by atoms with E-state index in [1.807, 2.05) is 12.1 Å². The molecule has 0 aliphatic rings. The summed E-state index contributed by atoms with van der Waals surface area (Å²) >= 11 is 7.16. The topological polar surface area (TPSA) is 104 Å². The van der Waals surface area contributed by atoms with Crippen LogP contribution in [0.3, 0.4) is 0 Å². The zero-order valence-corrected chi connectivity index (χ0v) is 16.7.